The van der Waals surface area contributed by atoms with Gasteiger partial charge in [-0.15, -0.1) is 23.7 Å². The molecule has 1 unspecified atom stereocenters. The van der Waals surface area contributed by atoms with Gasteiger partial charge in [0.2, 0.25) is 0 Å². The lowest BCUT2D eigenvalue weighted by molar-refractivity contribution is 0.0902. The molecule has 2 rings (SSSR count). The van der Waals surface area contributed by atoms with Crippen molar-refractivity contribution in [3.8, 4) is 0 Å². The lowest BCUT2D eigenvalue weighted by atomic mass is 9.96. The summed E-state index contributed by atoms with van der Waals surface area (Å²) < 4.78 is 0. The first-order chi connectivity index (χ1) is 7.96. The molecule has 0 bridgehead atoms. The molecule has 1 atom stereocenters. The van der Waals surface area contributed by atoms with Crippen molar-refractivity contribution in [1.82, 2.24) is 5.32 Å². The largest absolute Gasteiger partial charge is 0.345 e. The monoisotopic (exact) mass is 288 g/mol. The van der Waals surface area contributed by atoms with Gasteiger partial charge in [0, 0.05) is 11.4 Å². The Balaban J connectivity index is 0.00000162. The van der Waals surface area contributed by atoms with Crippen LogP contribution in [-0.4, -0.2) is 18.0 Å². The number of halogens is 1. The molecule has 0 radical (unpaired) electrons. The molecule has 1 aliphatic carbocycles. The second kappa shape index (κ2) is 5.59. The van der Waals surface area contributed by atoms with Crippen LogP contribution in [0.15, 0.2) is 6.07 Å². The molecule has 1 aromatic rings. The highest BCUT2D eigenvalue weighted by Gasteiger charge is 2.41. The van der Waals surface area contributed by atoms with Crippen LogP contribution in [-0.2, 0) is 0 Å². The summed E-state index contributed by atoms with van der Waals surface area (Å²) in [5, 5.41) is 3.11. The average molecular weight is 289 g/mol. The van der Waals surface area contributed by atoms with E-state index in [1.165, 1.54) is 23.3 Å². The van der Waals surface area contributed by atoms with Gasteiger partial charge in [-0.25, -0.2) is 0 Å². The minimum Gasteiger partial charge on any atom is -0.345 e. The summed E-state index contributed by atoms with van der Waals surface area (Å²) in [7, 11) is 0. The quantitative estimate of drug-likeness (QED) is 0.895. The Bertz CT molecular complexity index is 423. The van der Waals surface area contributed by atoms with Crippen molar-refractivity contribution in [3.05, 3.63) is 21.4 Å². The normalized spacial score (nSPS) is 17.8. The van der Waals surface area contributed by atoms with Crippen molar-refractivity contribution in [2.24, 2.45) is 11.7 Å². The Hall–Kier alpha value is -0.580. The molecule has 102 valence electrons. The van der Waals surface area contributed by atoms with Gasteiger partial charge in [-0.3, -0.25) is 4.79 Å². The first-order valence-electron chi connectivity index (χ1n) is 6.06. The Morgan fingerprint density at radius 2 is 2.17 bits per heavy atom. The Morgan fingerprint density at radius 1 is 1.56 bits per heavy atom. The zero-order valence-corrected chi connectivity index (χ0v) is 12.7. The Kier molecular flexibility index (Phi) is 4.81. The minimum absolute atomic E-state index is 0. The highest BCUT2D eigenvalue weighted by atomic mass is 35.5. The van der Waals surface area contributed by atoms with Gasteiger partial charge in [-0.2, -0.15) is 0 Å². The van der Waals surface area contributed by atoms with Crippen molar-refractivity contribution in [2.75, 3.05) is 6.54 Å². The molecule has 1 aliphatic rings. The number of rotatable bonds is 4. The van der Waals surface area contributed by atoms with E-state index >= 15 is 0 Å². The number of hydrogen-bond acceptors (Lipinski definition) is 3. The number of amides is 1. The van der Waals surface area contributed by atoms with Crippen molar-refractivity contribution < 1.29 is 4.79 Å². The number of carbonyl (C=O) groups excluding carboxylic acids is 1. The van der Waals surface area contributed by atoms with Crippen LogP contribution in [0.4, 0.5) is 0 Å². The van der Waals surface area contributed by atoms with Crippen LogP contribution < -0.4 is 11.1 Å². The number of nitrogens with one attached hydrogen (secondary N) is 1. The molecule has 5 heteroatoms. The zero-order valence-electron chi connectivity index (χ0n) is 11.1. The van der Waals surface area contributed by atoms with Gasteiger partial charge >= 0.3 is 0 Å². The fraction of sp³-hybridized carbons (Fsp3) is 0.615. The molecule has 18 heavy (non-hydrogen) atoms. The molecule has 3 N–H and O–H groups in total. The van der Waals surface area contributed by atoms with Crippen molar-refractivity contribution in [1.29, 1.82) is 0 Å². The van der Waals surface area contributed by atoms with Gasteiger partial charge in [0.05, 0.1) is 10.4 Å². The molecule has 1 heterocycles. The molecular weight excluding hydrogens is 268 g/mol. The summed E-state index contributed by atoms with van der Waals surface area (Å²) in [6, 6.07) is 1.96. The molecule has 1 aromatic heterocycles. The number of thiophene rings is 1. The van der Waals surface area contributed by atoms with E-state index in [-0.39, 0.29) is 23.9 Å². The number of aryl methyl sites for hydroxylation is 2. The van der Waals surface area contributed by atoms with E-state index in [2.05, 4.69) is 12.2 Å². The van der Waals surface area contributed by atoms with Gasteiger partial charge in [-0.1, -0.05) is 0 Å². The van der Waals surface area contributed by atoms with E-state index in [0.717, 1.165) is 4.88 Å². The predicted octanol–water partition coefficient (Wildman–Crippen LogP) is 2.64. The van der Waals surface area contributed by atoms with Crippen LogP contribution in [0.1, 0.15) is 39.9 Å². The third-order valence-electron chi connectivity index (χ3n) is 3.69. The SMILES string of the molecule is Cc1cc(C(=O)NC(C)(CN)C2CC2)sc1C.Cl. The third kappa shape index (κ3) is 3.05. The van der Waals surface area contributed by atoms with Crippen molar-refractivity contribution in [3.63, 3.8) is 0 Å². The average Bonchev–Trinajstić information content (AvgIpc) is 3.07. The molecule has 0 spiro atoms. The molecule has 0 aromatic carbocycles. The Morgan fingerprint density at radius 3 is 2.56 bits per heavy atom. The van der Waals surface area contributed by atoms with Crippen molar-refractivity contribution >= 4 is 29.7 Å². The van der Waals surface area contributed by atoms with Crippen molar-refractivity contribution in [2.45, 2.75) is 39.2 Å². The molecule has 1 fully saturated rings. The van der Waals surface area contributed by atoms with Gasteiger partial charge in [0.1, 0.15) is 0 Å². The van der Waals surface area contributed by atoms with E-state index in [0.29, 0.717) is 12.5 Å². The van der Waals surface area contributed by atoms with E-state index in [1.54, 1.807) is 11.3 Å². The molecular formula is C13H21ClN2OS. The molecule has 1 amide bonds. The van der Waals surface area contributed by atoms with Crippen LogP contribution in [0.5, 0.6) is 0 Å². The maximum Gasteiger partial charge on any atom is 0.261 e. The maximum absolute atomic E-state index is 12.2. The lowest BCUT2D eigenvalue weighted by Gasteiger charge is -2.29. The lowest BCUT2D eigenvalue weighted by Crippen LogP contribution is -2.53. The van der Waals surface area contributed by atoms with Crippen LogP contribution in [0, 0.1) is 19.8 Å². The zero-order chi connectivity index (χ0) is 12.6. The van der Waals surface area contributed by atoms with E-state index in [9.17, 15) is 4.79 Å². The topological polar surface area (TPSA) is 55.1 Å². The maximum atomic E-state index is 12.2. The molecule has 0 aliphatic heterocycles. The second-order valence-electron chi connectivity index (χ2n) is 5.20. The van der Waals surface area contributed by atoms with E-state index in [4.69, 9.17) is 5.73 Å². The minimum atomic E-state index is -0.233. The molecule has 0 saturated heterocycles. The second-order valence-corrected chi connectivity index (χ2v) is 6.46. The summed E-state index contributed by atoms with van der Waals surface area (Å²) >= 11 is 1.55. The van der Waals surface area contributed by atoms with Crippen LogP contribution in [0.2, 0.25) is 0 Å². The first-order valence-corrected chi connectivity index (χ1v) is 6.87. The fourth-order valence-corrected chi connectivity index (χ4v) is 2.98. The van der Waals surface area contributed by atoms with Crippen LogP contribution in [0.3, 0.4) is 0 Å². The summed E-state index contributed by atoms with van der Waals surface area (Å²) in [5.41, 5.74) is 6.75. The summed E-state index contributed by atoms with van der Waals surface area (Å²) in [5.74, 6) is 0.574. The van der Waals surface area contributed by atoms with Gasteiger partial charge in [0.25, 0.3) is 5.91 Å². The summed E-state index contributed by atoms with van der Waals surface area (Å²) in [6.45, 7) is 6.63. The highest BCUT2D eigenvalue weighted by molar-refractivity contribution is 7.14. The third-order valence-corrected chi connectivity index (χ3v) is 4.84. The fourth-order valence-electron chi connectivity index (χ4n) is 2.05. The summed E-state index contributed by atoms with van der Waals surface area (Å²) in [4.78, 5) is 14.2. The van der Waals surface area contributed by atoms with Crippen LogP contribution in [0.25, 0.3) is 0 Å². The molecule has 3 nitrogen and oxygen atoms in total. The Labute approximate surface area is 119 Å². The van der Waals surface area contributed by atoms with Gasteiger partial charge in [0.15, 0.2) is 0 Å². The number of hydrogen-bond donors (Lipinski definition) is 2. The predicted molar refractivity (Wildman–Crippen MR) is 78.7 cm³/mol. The smallest absolute Gasteiger partial charge is 0.261 e. The van der Waals surface area contributed by atoms with Crippen LogP contribution >= 0.6 is 23.7 Å². The standard InChI is InChI=1S/C13H20N2OS.ClH/c1-8-6-11(17-9(8)2)12(16)15-13(3,7-14)10-4-5-10;/h6,10H,4-5,7,14H2,1-3H3,(H,15,16);1H. The molecule has 1 saturated carbocycles. The van der Waals surface area contributed by atoms with Gasteiger partial charge in [-0.05, 0) is 51.2 Å². The first kappa shape index (κ1) is 15.5. The van der Waals surface area contributed by atoms with E-state index in [1.807, 2.05) is 19.9 Å². The number of nitrogens with two attached hydrogens (primary N) is 1. The van der Waals surface area contributed by atoms with E-state index < -0.39 is 0 Å². The summed E-state index contributed by atoms with van der Waals surface area (Å²) in [6.07, 6.45) is 2.35. The van der Waals surface area contributed by atoms with Gasteiger partial charge < -0.3 is 11.1 Å². The highest BCUT2D eigenvalue weighted by Crippen LogP contribution is 2.39. The number of carbonyl (C=O) groups is 1.